The largest absolute Gasteiger partial charge is 0.324 e. The number of aryl methyl sites for hydroxylation is 4. The molecule has 5 heteroatoms. The van der Waals surface area contributed by atoms with Gasteiger partial charge in [0.25, 0.3) is 0 Å². The van der Waals surface area contributed by atoms with E-state index in [-0.39, 0.29) is 5.91 Å². The first-order valence-electron chi connectivity index (χ1n) is 7.47. The molecular weight excluding hydrogens is 288 g/mol. The van der Waals surface area contributed by atoms with E-state index in [9.17, 15) is 4.79 Å². The van der Waals surface area contributed by atoms with Crippen LogP contribution in [0.4, 0.5) is 11.4 Å². The van der Waals surface area contributed by atoms with Gasteiger partial charge in [0.1, 0.15) is 0 Å². The lowest BCUT2D eigenvalue weighted by Gasteiger charge is -2.08. The van der Waals surface area contributed by atoms with Gasteiger partial charge < -0.3 is 5.43 Å². The molecule has 0 atom stereocenters. The molecule has 0 radical (unpaired) electrons. The molecule has 5 nitrogen and oxygen atoms in total. The minimum absolute atomic E-state index is 0.0989. The van der Waals surface area contributed by atoms with E-state index in [2.05, 4.69) is 37.0 Å². The monoisotopic (exact) mass is 314 g/mol. The fraction of sp³-hybridized carbons (Fsp3) is 0.278. The van der Waals surface area contributed by atoms with Gasteiger partial charge in [0.15, 0.2) is 0 Å². The first kappa shape index (κ1) is 18.5. The maximum Gasteiger partial charge on any atom is 0.235 e. The van der Waals surface area contributed by atoms with Crippen molar-refractivity contribution < 1.29 is 4.79 Å². The lowest BCUT2D eigenvalue weighted by Crippen LogP contribution is -2.26. The van der Waals surface area contributed by atoms with Gasteiger partial charge in [-0.25, -0.2) is 0 Å². The summed E-state index contributed by atoms with van der Waals surface area (Å²) in [5, 5.41) is 0. The lowest BCUT2D eigenvalue weighted by molar-refractivity contribution is -0.118. The number of hydrazine groups is 2. The Kier molecular flexibility index (Phi) is 7.09. The highest BCUT2D eigenvalue weighted by Gasteiger charge is 1.95. The van der Waals surface area contributed by atoms with Crippen LogP contribution < -0.4 is 22.1 Å². The molecule has 2 aromatic carbocycles. The molecule has 2 rings (SSSR count). The molecule has 0 fully saturated rings. The van der Waals surface area contributed by atoms with Gasteiger partial charge in [-0.3, -0.25) is 21.5 Å². The summed E-state index contributed by atoms with van der Waals surface area (Å²) < 4.78 is 0. The van der Waals surface area contributed by atoms with Crippen molar-refractivity contribution in [2.24, 2.45) is 5.84 Å². The first-order chi connectivity index (χ1) is 10.8. The van der Waals surface area contributed by atoms with Gasteiger partial charge in [0.2, 0.25) is 5.91 Å². The number of hydrogen-bond acceptors (Lipinski definition) is 4. The van der Waals surface area contributed by atoms with E-state index < -0.39 is 0 Å². The van der Waals surface area contributed by atoms with Crippen LogP contribution in [-0.2, 0) is 4.79 Å². The smallest absolute Gasteiger partial charge is 0.235 e. The van der Waals surface area contributed by atoms with Crippen molar-refractivity contribution in [2.75, 3.05) is 10.9 Å². The number of nitrogens with two attached hydrogens (primary N) is 1. The molecule has 0 heterocycles. The predicted molar refractivity (Wildman–Crippen MR) is 97.1 cm³/mol. The minimum Gasteiger partial charge on any atom is -0.324 e. The summed E-state index contributed by atoms with van der Waals surface area (Å²) >= 11 is 0. The normalized spacial score (nSPS) is 9.48. The van der Waals surface area contributed by atoms with Crippen LogP contribution in [0.3, 0.4) is 0 Å². The predicted octanol–water partition coefficient (Wildman–Crippen LogP) is 3.36. The SMILES string of the molecule is CC(=O)NNc1ccc(C)c(C)c1.Cc1ccc(NN)cc1C. The number of hydrogen-bond donors (Lipinski definition) is 4. The Morgan fingerprint density at radius 3 is 1.74 bits per heavy atom. The number of nitrogen functional groups attached to an aromatic ring is 1. The topological polar surface area (TPSA) is 79.2 Å². The van der Waals surface area contributed by atoms with Crippen LogP contribution in [0.5, 0.6) is 0 Å². The summed E-state index contributed by atoms with van der Waals surface area (Å²) in [7, 11) is 0. The molecule has 0 aliphatic rings. The lowest BCUT2D eigenvalue weighted by atomic mass is 10.1. The first-order valence-corrected chi connectivity index (χ1v) is 7.47. The second-order valence-electron chi connectivity index (χ2n) is 5.55. The number of anilines is 2. The number of rotatable bonds is 3. The Labute approximate surface area is 138 Å². The molecule has 0 saturated heterocycles. The molecule has 2 aromatic rings. The van der Waals surface area contributed by atoms with Gasteiger partial charge in [0.05, 0.1) is 5.69 Å². The average Bonchev–Trinajstić information content (AvgIpc) is 2.52. The molecule has 124 valence electrons. The third kappa shape index (κ3) is 6.40. The Balaban J connectivity index is 0.000000238. The Bertz CT molecular complexity index is 668. The third-order valence-electron chi connectivity index (χ3n) is 3.56. The Morgan fingerprint density at radius 1 is 0.826 bits per heavy atom. The number of benzene rings is 2. The average molecular weight is 314 g/mol. The molecule has 1 amide bonds. The molecule has 0 bridgehead atoms. The van der Waals surface area contributed by atoms with Gasteiger partial charge in [-0.2, -0.15) is 0 Å². The van der Waals surface area contributed by atoms with Crippen LogP contribution in [0.25, 0.3) is 0 Å². The zero-order chi connectivity index (χ0) is 17.4. The zero-order valence-electron chi connectivity index (χ0n) is 14.4. The van der Waals surface area contributed by atoms with E-state index >= 15 is 0 Å². The number of carbonyl (C=O) groups excluding carboxylic acids is 1. The van der Waals surface area contributed by atoms with Gasteiger partial charge in [0, 0.05) is 12.6 Å². The van der Waals surface area contributed by atoms with Crippen LogP contribution in [0.15, 0.2) is 36.4 Å². The summed E-state index contributed by atoms with van der Waals surface area (Å²) in [4.78, 5) is 10.6. The van der Waals surface area contributed by atoms with Crippen molar-refractivity contribution in [3.63, 3.8) is 0 Å². The zero-order valence-corrected chi connectivity index (χ0v) is 14.4. The fourth-order valence-electron chi connectivity index (χ4n) is 1.81. The molecule has 0 spiro atoms. The van der Waals surface area contributed by atoms with Crippen molar-refractivity contribution in [2.45, 2.75) is 34.6 Å². The standard InChI is InChI=1S/C10H14N2O.C8H12N2/c1-7-4-5-10(6-8(7)2)12-11-9(3)13;1-6-3-4-8(10-9)5-7(6)2/h4-6,12H,1-3H3,(H,11,13);3-5,10H,9H2,1-2H3. The summed E-state index contributed by atoms with van der Waals surface area (Å²) in [6.45, 7) is 9.70. The maximum atomic E-state index is 10.6. The molecule has 0 aliphatic heterocycles. The second kappa shape index (κ2) is 8.80. The second-order valence-corrected chi connectivity index (χ2v) is 5.55. The maximum absolute atomic E-state index is 10.6. The van der Waals surface area contributed by atoms with Crippen LogP contribution in [-0.4, -0.2) is 5.91 Å². The molecular formula is C18H26N4O. The summed E-state index contributed by atoms with van der Waals surface area (Å²) in [6.07, 6.45) is 0. The van der Waals surface area contributed by atoms with Crippen molar-refractivity contribution in [1.29, 1.82) is 0 Å². The fourth-order valence-corrected chi connectivity index (χ4v) is 1.81. The molecule has 5 N–H and O–H groups in total. The minimum atomic E-state index is -0.0989. The Hall–Kier alpha value is -2.53. The highest BCUT2D eigenvalue weighted by Crippen LogP contribution is 2.13. The van der Waals surface area contributed by atoms with E-state index in [1.54, 1.807) is 0 Å². The van der Waals surface area contributed by atoms with E-state index in [4.69, 9.17) is 5.84 Å². The number of carbonyl (C=O) groups is 1. The molecule has 0 unspecified atom stereocenters. The number of nitrogens with one attached hydrogen (secondary N) is 3. The van der Waals surface area contributed by atoms with E-state index in [1.165, 1.54) is 29.2 Å². The van der Waals surface area contributed by atoms with Crippen LogP contribution >= 0.6 is 0 Å². The van der Waals surface area contributed by atoms with Crippen LogP contribution in [0.2, 0.25) is 0 Å². The summed E-state index contributed by atoms with van der Waals surface area (Å²) in [5.41, 5.74) is 14.8. The van der Waals surface area contributed by atoms with Gasteiger partial charge in [-0.15, -0.1) is 0 Å². The third-order valence-corrected chi connectivity index (χ3v) is 3.56. The van der Waals surface area contributed by atoms with Gasteiger partial charge >= 0.3 is 0 Å². The van der Waals surface area contributed by atoms with Crippen molar-refractivity contribution >= 4 is 17.3 Å². The van der Waals surface area contributed by atoms with E-state index in [1.807, 2.05) is 43.3 Å². The summed E-state index contributed by atoms with van der Waals surface area (Å²) in [6, 6.07) is 12.0. The summed E-state index contributed by atoms with van der Waals surface area (Å²) in [5.74, 6) is 5.12. The highest BCUT2D eigenvalue weighted by atomic mass is 16.2. The molecule has 0 saturated carbocycles. The van der Waals surface area contributed by atoms with Crippen molar-refractivity contribution in [3.05, 3.63) is 58.7 Å². The van der Waals surface area contributed by atoms with Crippen molar-refractivity contribution in [1.82, 2.24) is 5.43 Å². The molecule has 0 aliphatic carbocycles. The highest BCUT2D eigenvalue weighted by molar-refractivity contribution is 5.74. The van der Waals surface area contributed by atoms with Crippen LogP contribution in [0, 0.1) is 27.7 Å². The van der Waals surface area contributed by atoms with Crippen LogP contribution in [0.1, 0.15) is 29.2 Å². The van der Waals surface area contributed by atoms with E-state index in [0.29, 0.717) is 0 Å². The van der Waals surface area contributed by atoms with E-state index in [0.717, 1.165) is 11.4 Å². The molecule has 0 aromatic heterocycles. The number of amides is 1. The molecule has 23 heavy (non-hydrogen) atoms. The van der Waals surface area contributed by atoms with Gasteiger partial charge in [-0.05, 0) is 74.2 Å². The quantitative estimate of drug-likeness (QED) is 0.517. The Morgan fingerprint density at radius 2 is 1.30 bits per heavy atom. The van der Waals surface area contributed by atoms with Gasteiger partial charge in [-0.1, -0.05) is 12.1 Å². The van der Waals surface area contributed by atoms with Crippen molar-refractivity contribution in [3.8, 4) is 0 Å².